The number of ether oxygens (including phenoxy) is 1. The molecule has 0 spiro atoms. The monoisotopic (exact) mass is 157 g/mol. The average molecular weight is 157 g/mol. The number of likely N-dealkylation sites (tertiary alicyclic amines) is 1. The third-order valence-corrected chi connectivity index (χ3v) is 2.79. The number of hydrogen-bond acceptors (Lipinski definition) is 2. The van der Waals surface area contributed by atoms with Crippen LogP contribution in [-0.2, 0) is 4.74 Å². The minimum absolute atomic E-state index is 0.437. The van der Waals surface area contributed by atoms with Crippen LogP contribution in [0.2, 0.25) is 0 Å². The van der Waals surface area contributed by atoms with Crippen molar-refractivity contribution in [1.82, 2.24) is 4.90 Å². The third kappa shape index (κ3) is 2.17. The largest absolute Gasteiger partial charge is 0.381 e. The molecule has 66 valence electrons. The molecule has 11 heavy (non-hydrogen) atoms. The summed E-state index contributed by atoms with van der Waals surface area (Å²) in [6.07, 6.45) is 1.74. The van der Waals surface area contributed by atoms with Crippen LogP contribution in [0.1, 0.15) is 20.3 Å². The highest BCUT2D eigenvalue weighted by atomic mass is 16.5. The van der Waals surface area contributed by atoms with Gasteiger partial charge in [-0.1, -0.05) is 6.92 Å². The smallest absolute Gasteiger partial charge is 0.0584 e. The van der Waals surface area contributed by atoms with Crippen molar-refractivity contribution in [3.8, 4) is 0 Å². The molecule has 1 aliphatic rings. The first-order valence-corrected chi connectivity index (χ1v) is 4.53. The van der Waals surface area contributed by atoms with E-state index < -0.39 is 0 Å². The summed E-state index contributed by atoms with van der Waals surface area (Å²) >= 11 is 0. The van der Waals surface area contributed by atoms with Crippen LogP contribution in [0.25, 0.3) is 0 Å². The van der Waals surface area contributed by atoms with Crippen LogP contribution in [0.5, 0.6) is 0 Å². The number of hydrogen-bond donors (Lipinski definition) is 0. The zero-order valence-electron chi connectivity index (χ0n) is 7.84. The Balaban J connectivity index is 2.29. The van der Waals surface area contributed by atoms with Crippen molar-refractivity contribution in [2.24, 2.45) is 5.92 Å². The van der Waals surface area contributed by atoms with E-state index in [1.807, 2.05) is 0 Å². The van der Waals surface area contributed by atoms with Crippen LogP contribution in [-0.4, -0.2) is 37.7 Å². The first kappa shape index (κ1) is 9.01. The molecular weight excluding hydrogens is 138 g/mol. The summed E-state index contributed by atoms with van der Waals surface area (Å²) in [7, 11) is 1.80. The normalized spacial score (nSPS) is 29.2. The maximum Gasteiger partial charge on any atom is 0.0584 e. The van der Waals surface area contributed by atoms with E-state index in [1.54, 1.807) is 7.11 Å². The van der Waals surface area contributed by atoms with Gasteiger partial charge in [-0.25, -0.2) is 0 Å². The summed E-state index contributed by atoms with van der Waals surface area (Å²) in [6.45, 7) is 8.07. The van der Waals surface area contributed by atoms with Gasteiger partial charge < -0.3 is 9.64 Å². The topological polar surface area (TPSA) is 12.5 Å². The molecule has 0 aromatic rings. The molecule has 0 N–H and O–H groups in total. The minimum atomic E-state index is 0.437. The minimum Gasteiger partial charge on any atom is -0.381 e. The average Bonchev–Trinajstić information content (AvgIpc) is 2.50. The quantitative estimate of drug-likeness (QED) is 0.613. The van der Waals surface area contributed by atoms with E-state index in [0.29, 0.717) is 6.10 Å². The van der Waals surface area contributed by atoms with E-state index in [-0.39, 0.29) is 0 Å². The van der Waals surface area contributed by atoms with E-state index in [1.165, 1.54) is 26.1 Å². The van der Waals surface area contributed by atoms with Crippen molar-refractivity contribution >= 4 is 0 Å². The molecule has 2 heteroatoms. The molecule has 0 saturated carbocycles. The van der Waals surface area contributed by atoms with Crippen LogP contribution in [0.4, 0.5) is 0 Å². The van der Waals surface area contributed by atoms with Crippen molar-refractivity contribution in [1.29, 1.82) is 0 Å². The second kappa shape index (κ2) is 4.07. The molecule has 2 atom stereocenters. The Morgan fingerprint density at radius 2 is 2.36 bits per heavy atom. The zero-order valence-corrected chi connectivity index (χ0v) is 7.84. The van der Waals surface area contributed by atoms with Gasteiger partial charge in [0.2, 0.25) is 0 Å². The van der Waals surface area contributed by atoms with Gasteiger partial charge in [0, 0.05) is 13.7 Å². The van der Waals surface area contributed by atoms with E-state index in [4.69, 9.17) is 4.74 Å². The maximum absolute atomic E-state index is 5.30. The molecule has 0 aromatic carbocycles. The van der Waals surface area contributed by atoms with Crippen molar-refractivity contribution in [3.05, 3.63) is 0 Å². The highest BCUT2D eigenvalue weighted by molar-refractivity contribution is 4.78. The second-order valence-corrected chi connectivity index (χ2v) is 3.38. The van der Waals surface area contributed by atoms with Gasteiger partial charge in [-0.2, -0.15) is 0 Å². The molecule has 0 radical (unpaired) electrons. The lowest BCUT2D eigenvalue weighted by atomic mass is 10.0. The van der Waals surface area contributed by atoms with Gasteiger partial charge in [0.05, 0.1) is 6.10 Å². The number of methoxy groups -OCH3 is 1. The molecule has 0 amide bonds. The molecule has 1 heterocycles. The van der Waals surface area contributed by atoms with Gasteiger partial charge in [-0.05, 0) is 32.4 Å². The van der Waals surface area contributed by atoms with Crippen LogP contribution in [0.15, 0.2) is 0 Å². The predicted octanol–water partition coefficient (Wildman–Crippen LogP) is 1.36. The first-order valence-electron chi connectivity index (χ1n) is 4.53. The Labute approximate surface area is 69.5 Å². The summed E-state index contributed by atoms with van der Waals surface area (Å²) < 4.78 is 5.30. The Morgan fingerprint density at radius 1 is 1.64 bits per heavy atom. The van der Waals surface area contributed by atoms with Gasteiger partial charge in [0.15, 0.2) is 0 Å². The summed E-state index contributed by atoms with van der Waals surface area (Å²) in [4.78, 5) is 2.49. The Kier molecular flexibility index (Phi) is 3.34. The second-order valence-electron chi connectivity index (χ2n) is 3.38. The Bertz CT molecular complexity index is 116. The molecule has 1 fully saturated rings. The number of rotatable bonds is 3. The molecule has 0 aromatic heterocycles. The van der Waals surface area contributed by atoms with Gasteiger partial charge in [-0.3, -0.25) is 0 Å². The fraction of sp³-hybridized carbons (Fsp3) is 1.00. The zero-order chi connectivity index (χ0) is 8.27. The summed E-state index contributed by atoms with van der Waals surface area (Å²) in [5.74, 6) is 0.764. The molecule has 1 unspecified atom stereocenters. The van der Waals surface area contributed by atoms with Gasteiger partial charge >= 0.3 is 0 Å². The summed E-state index contributed by atoms with van der Waals surface area (Å²) in [5, 5.41) is 0. The molecule has 1 aliphatic heterocycles. The van der Waals surface area contributed by atoms with Crippen LogP contribution in [0, 0.1) is 5.92 Å². The van der Waals surface area contributed by atoms with Crippen LogP contribution >= 0.6 is 0 Å². The van der Waals surface area contributed by atoms with Gasteiger partial charge in [-0.15, -0.1) is 0 Å². The molecule has 1 rings (SSSR count). The molecule has 2 nitrogen and oxygen atoms in total. The predicted molar refractivity (Wildman–Crippen MR) is 46.7 cm³/mol. The van der Waals surface area contributed by atoms with E-state index in [9.17, 15) is 0 Å². The summed E-state index contributed by atoms with van der Waals surface area (Å²) in [5.41, 5.74) is 0. The van der Waals surface area contributed by atoms with Crippen molar-refractivity contribution in [3.63, 3.8) is 0 Å². The molecule has 1 saturated heterocycles. The summed E-state index contributed by atoms with van der Waals surface area (Å²) in [6, 6.07) is 0. The molecule has 0 bridgehead atoms. The van der Waals surface area contributed by atoms with Gasteiger partial charge in [0.25, 0.3) is 0 Å². The van der Waals surface area contributed by atoms with Crippen molar-refractivity contribution < 1.29 is 4.74 Å². The fourth-order valence-corrected chi connectivity index (χ4v) is 1.73. The Morgan fingerprint density at radius 3 is 2.82 bits per heavy atom. The van der Waals surface area contributed by atoms with Crippen LogP contribution < -0.4 is 0 Å². The lowest BCUT2D eigenvalue weighted by Gasteiger charge is -2.18. The van der Waals surface area contributed by atoms with E-state index in [0.717, 1.165) is 5.92 Å². The molecule has 0 aliphatic carbocycles. The van der Waals surface area contributed by atoms with E-state index >= 15 is 0 Å². The number of nitrogens with zero attached hydrogens (tertiary/aromatic N) is 1. The highest BCUT2D eigenvalue weighted by Crippen LogP contribution is 2.20. The lowest BCUT2D eigenvalue weighted by molar-refractivity contribution is 0.0699. The molecular formula is C9H19NO. The first-order chi connectivity index (χ1) is 5.27. The van der Waals surface area contributed by atoms with Crippen LogP contribution in [0.3, 0.4) is 0 Å². The van der Waals surface area contributed by atoms with Crippen molar-refractivity contribution in [2.75, 3.05) is 26.7 Å². The highest BCUT2D eigenvalue weighted by Gasteiger charge is 2.25. The van der Waals surface area contributed by atoms with Gasteiger partial charge in [0.1, 0.15) is 0 Å². The fourth-order valence-electron chi connectivity index (χ4n) is 1.73. The lowest BCUT2D eigenvalue weighted by Crippen LogP contribution is -2.25. The third-order valence-electron chi connectivity index (χ3n) is 2.79. The SMILES string of the molecule is CCN1CC[C@H](C(C)OC)C1. The Hall–Kier alpha value is -0.0800. The standard InChI is InChI=1S/C9H19NO/c1-4-10-6-5-9(7-10)8(2)11-3/h8-9H,4-7H2,1-3H3/t8?,9-/m0/s1. The maximum atomic E-state index is 5.30. The van der Waals surface area contributed by atoms with E-state index in [2.05, 4.69) is 18.7 Å². The van der Waals surface area contributed by atoms with Crippen molar-refractivity contribution in [2.45, 2.75) is 26.4 Å².